The average Bonchev–Trinajstić information content (AvgIpc) is 3.01. The van der Waals surface area contributed by atoms with E-state index < -0.39 is 57.9 Å². The van der Waals surface area contributed by atoms with Gasteiger partial charge in [-0.05, 0) is 40.5 Å². The van der Waals surface area contributed by atoms with Gasteiger partial charge >= 0.3 is 5.97 Å². The molecule has 1 aromatic rings. The van der Waals surface area contributed by atoms with Crippen LogP contribution in [0.2, 0.25) is 0 Å². The quantitative estimate of drug-likeness (QED) is 0.190. The summed E-state index contributed by atoms with van der Waals surface area (Å²) in [6.07, 6.45) is 2.42. The minimum Gasteiger partial charge on any atom is -0.420 e. The Balaban J connectivity index is 1.87. The lowest BCUT2D eigenvalue weighted by molar-refractivity contribution is -0.144. The van der Waals surface area contributed by atoms with Crippen LogP contribution in [0.15, 0.2) is 18.2 Å². The van der Waals surface area contributed by atoms with Crippen molar-refractivity contribution in [2.24, 2.45) is 0 Å². The zero-order valence-electron chi connectivity index (χ0n) is 17.6. The lowest BCUT2D eigenvalue weighted by atomic mass is 9.98. The Morgan fingerprint density at radius 3 is 1.97 bits per heavy atom. The van der Waals surface area contributed by atoms with Gasteiger partial charge in [0.15, 0.2) is 11.6 Å². The molecule has 0 aliphatic carbocycles. The normalized spacial score (nSPS) is 14.5. The highest BCUT2D eigenvalue weighted by Crippen LogP contribution is 2.28. The number of carbonyl (C=O) groups excluding carboxylic acids is 3. The molecule has 0 bridgehead atoms. The van der Waals surface area contributed by atoms with E-state index in [-0.39, 0.29) is 25.5 Å². The zero-order valence-corrected chi connectivity index (χ0v) is 17.6. The summed E-state index contributed by atoms with van der Waals surface area (Å²) in [5.41, 5.74) is -1.68. The fourth-order valence-corrected chi connectivity index (χ4v) is 2.97. The fraction of sp³-hybridized carbons (Fsp3) is 0.476. The standard InChI is InChI=1S/C21H23F4NO5/c1-20(2,26-14(27)5-6-15(26)28)9-10-30-21(3,4)8-7-16(29)31-19-17(24)12(22)11-13(23)18(19)25/h5-6,11H,7-10H2,1-4H3. The number of amides is 2. The van der Waals surface area contributed by atoms with Gasteiger partial charge in [0, 0.05) is 36.8 Å². The highest BCUT2D eigenvalue weighted by atomic mass is 19.2. The SMILES string of the molecule is CC(C)(CCC(=O)Oc1c(F)c(F)cc(F)c1F)OCCC(C)(C)N1C(=O)C=CC1=O. The molecule has 1 heterocycles. The Morgan fingerprint density at radius 2 is 1.45 bits per heavy atom. The predicted molar refractivity (Wildman–Crippen MR) is 101 cm³/mol. The van der Waals surface area contributed by atoms with Crippen molar-refractivity contribution in [1.29, 1.82) is 0 Å². The maximum atomic E-state index is 13.6. The van der Waals surface area contributed by atoms with Crippen LogP contribution < -0.4 is 4.74 Å². The summed E-state index contributed by atoms with van der Waals surface area (Å²) in [6.45, 7) is 6.88. The molecule has 10 heteroatoms. The van der Waals surface area contributed by atoms with E-state index in [1.165, 1.54) is 12.2 Å². The third-order valence-electron chi connectivity index (χ3n) is 4.84. The molecule has 1 aliphatic heterocycles. The van der Waals surface area contributed by atoms with Gasteiger partial charge in [-0.1, -0.05) is 0 Å². The van der Waals surface area contributed by atoms with E-state index >= 15 is 0 Å². The number of halogens is 4. The average molecular weight is 445 g/mol. The van der Waals surface area contributed by atoms with E-state index in [2.05, 4.69) is 4.74 Å². The summed E-state index contributed by atoms with van der Waals surface area (Å²) in [5, 5.41) is 0. The number of ether oxygens (including phenoxy) is 2. The maximum absolute atomic E-state index is 13.6. The topological polar surface area (TPSA) is 72.9 Å². The van der Waals surface area contributed by atoms with Crippen LogP contribution >= 0.6 is 0 Å². The Hall–Kier alpha value is -2.75. The zero-order chi connectivity index (χ0) is 23.6. The van der Waals surface area contributed by atoms with E-state index in [0.29, 0.717) is 6.42 Å². The van der Waals surface area contributed by atoms with E-state index in [0.717, 1.165) is 4.90 Å². The van der Waals surface area contributed by atoms with Gasteiger partial charge in [0.25, 0.3) is 11.8 Å². The molecule has 0 unspecified atom stereocenters. The first kappa shape index (κ1) is 24.5. The molecule has 1 aliphatic rings. The molecule has 0 saturated carbocycles. The molecule has 0 aromatic heterocycles. The molecule has 0 N–H and O–H groups in total. The molecule has 0 fully saturated rings. The molecule has 0 radical (unpaired) electrons. The van der Waals surface area contributed by atoms with Crippen LogP contribution in [0.5, 0.6) is 5.75 Å². The molecule has 0 saturated heterocycles. The largest absolute Gasteiger partial charge is 0.420 e. The molecule has 0 spiro atoms. The van der Waals surface area contributed by atoms with Crippen molar-refractivity contribution in [1.82, 2.24) is 4.90 Å². The van der Waals surface area contributed by atoms with Gasteiger partial charge in [0.2, 0.25) is 17.4 Å². The van der Waals surface area contributed by atoms with E-state index in [1.54, 1.807) is 27.7 Å². The van der Waals surface area contributed by atoms with Crippen molar-refractivity contribution in [3.63, 3.8) is 0 Å². The summed E-state index contributed by atoms with van der Waals surface area (Å²) in [7, 11) is 0. The van der Waals surface area contributed by atoms with Crippen LogP contribution in [-0.2, 0) is 19.1 Å². The Labute approximate surface area is 176 Å². The number of carbonyl (C=O) groups is 3. The van der Waals surface area contributed by atoms with Gasteiger partial charge in [0.1, 0.15) is 0 Å². The fourth-order valence-electron chi connectivity index (χ4n) is 2.97. The lowest BCUT2D eigenvalue weighted by Crippen LogP contribution is -2.48. The van der Waals surface area contributed by atoms with Gasteiger partial charge in [-0.15, -0.1) is 0 Å². The summed E-state index contributed by atoms with van der Waals surface area (Å²) < 4.78 is 63.8. The Kier molecular flexibility index (Phi) is 7.25. The predicted octanol–water partition coefficient (Wildman–Crippen LogP) is 3.82. The number of rotatable bonds is 9. The third-order valence-corrected chi connectivity index (χ3v) is 4.84. The molecular formula is C21H23F4NO5. The van der Waals surface area contributed by atoms with Gasteiger partial charge < -0.3 is 9.47 Å². The summed E-state index contributed by atoms with van der Waals surface area (Å²) in [4.78, 5) is 36.7. The van der Waals surface area contributed by atoms with Crippen LogP contribution in [0.1, 0.15) is 47.0 Å². The first-order chi connectivity index (χ1) is 14.2. The first-order valence-corrected chi connectivity index (χ1v) is 9.49. The minimum absolute atomic E-state index is 0.0137. The summed E-state index contributed by atoms with van der Waals surface area (Å²) in [6, 6.07) is 0.0137. The number of nitrogens with zero attached hydrogens (tertiary/aromatic N) is 1. The molecule has 2 amide bonds. The van der Waals surface area contributed by atoms with Crippen LogP contribution in [0, 0.1) is 23.3 Å². The van der Waals surface area contributed by atoms with Gasteiger partial charge in [0.05, 0.1) is 5.60 Å². The van der Waals surface area contributed by atoms with Gasteiger partial charge in [-0.25, -0.2) is 8.78 Å². The summed E-state index contributed by atoms with van der Waals surface area (Å²) >= 11 is 0. The van der Waals surface area contributed by atoms with E-state index in [9.17, 15) is 31.9 Å². The number of hydrogen-bond donors (Lipinski definition) is 0. The number of esters is 1. The number of imide groups is 1. The van der Waals surface area contributed by atoms with Crippen molar-refractivity contribution in [2.45, 2.75) is 58.1 Å². The minimum atomic E-state index is -1.80. The van der Waals surface area contributed by atoms with Gasteiger partial charge in [-0.3, -0.25) is 19.3 Å². The lowest BCUT2D eigenvalue weighted by Gasteiger charge is -2.35. The number of benzene rings is 1. The molecule has 31 heavy (non-hydrogen) atoms. The van der Waals surface area contributed by atoms with Crippen molar-refractivity contribution in [2.75, 3.05) is 6.61 Å². The highest BCUT2D eigenvalue weighted by Gasteiger charge is 2.37. The Morgan fingerprint density at radius 1 is 0.935 bits per heavy atom. The van der Waals surface area contributed by atoms with Crippen LogP contribution in [0.25, 0.3) is 0 Å². The highest BCUT2D eigenvalue weighted by molar-refractivity contribution is 6.13. The Bertz CT molecular complexity index is 883. The molecule has 6 nitrogen and oxygen atoms in total. The second-order valence-electron chi connectivity index (χ2n) is 8.29. The molecule has 0 atom stereocenters. The van der Waals surface area contributed by atoms with Crippen LogP contribution in [-0.4, -0.2) is 40.4 Å². The van der Waals surface area contributed by atoms with Crippen LogP contribution in [0.4, 0.5) is 17.6 Å². The smallest absolute Gasteiger partial charge is 0.311 e. The number of hydrogen-bond acceptors (Lipinski definition) is 5. The van der Waals surface area contributed by atoms with Crippen molar-refractivity contribution in [3.8, 4) is 5.75 Å². The molecular weight excluding hydrogens is 422 g/mol. The van der Waals surface area contributed by atoms with Crippen molar-refractivity contribution < 1.29 is 41.4 Å². The van der Waals surface area contributed by atoms with Crippen LogP contribution in [0.3, 0.4) is 0 Å². The second-order valence-corrected chi connectivity index (χ2v) is 8.29. The first-order valence-electron chi connectivity index (χ1n) is 9.49. The van der Waals surface area contributed by atoms with Crippen molar-refractivity contribution in [3.05, 3.63) is 41.5 Å². The molecule has 2 rings (SSSR count). The van der Waals surface area contributed by atoms with Crippen molar-refractivity contribution >= 4 is 17.8 Å². The maximum Gasteiger partial charge on any atom is 0.311 e. The summed E-state index contributed by atoms with van der Waals surface area (Å²) in [5.74, 6) is -10.3. The molecule has 170 valence electrons. The van der Waals surface area contributed by atoms with E-state index in [1.807, 2.05) is 0 Å². The third kappa shape index (κ3) is 5.90. The van der Waals surface area contributed by atoms with Gasteiger partial charge in [-0.2, -0.15) is 8.78 Å². The second kappa shape index (κ2) is 9.17. The molecule has 1 aromatic carbocycles. The monoisotopic (exact) mass is 445 g/mol. The van der Waals surface area contributed by atoms with E-state index in [4.69, 9.17) is 4.74 Å².